The Labute approximate surface area is 253 Å². The number of ether oxygens (including phenoxy) is 2. The van der Waals surface area contributed by atoms with Gasteiger partial charge in [-0.2, -0.15) is 0 Å². The first-order valence-corrected chi connectivity index (χ1v) is 15.6. The Hall–Kier alpha value is -4.01. The maximum Gasteiger partial charge on any atom is 0.193 e. The molecule has 0 unspecified atom stereocenters. The van der Waals surface area contributed by atoms with Crippen LogP contribution in [0.3, 0.4) is 0 Å². The van der Waals surface area contributed by atoms with Crippen LogP contribution in [-0.2, 0) is 10.9 Å². The number of aliphatic hydroxyl groups is 2. The molecular weight excluding hydrogens is 565 g/mol. The Bertz CT molecular complexity index is 1500. The van der Waals surface area contributed by atoms with Crippen LogP contribution in [0.5, 0.6) is 11.5 Å². The first-order chi connectivity index (χ1) is 20.6. The number of benzene rings is 5. The Kier molecular flexibility index (Phi) is 10.4. The van der Waals surface area contributed by atoms with Gasteiger partial charge in [-0.1, -0.05) is 42.1 Å². The van der Waals surface area contributed by atoms with Crippen molar-refractivity contribution in [3.63, 3.8) is 0 Å². The third kappa shape index (κ3) is 7.63. The summed E-state index contributed by atoms with van der Waals surface area (Å²) in [5, 5.41) is 18.1. The summed E-state index contributed by atoms with van der Waals surface area (Å²) in [6.07, 6.45) is 0. The predicted molar refractivity (Wildman–Crippen MR) is 167 cm³/mol. The minimum Gasteiger partial charge on any atom is -0.491 e. The van der Waals surface area contributed by atoms with Crippen LogP contribution in [0, 0.1) is 0 Å². The number of hydrogen-bond donors (Lipinski definition) is 2. The maximum atomic E-state index is 12.7. The molecule has 5 aromatic rings. The van der Waals surface area contributed by atoms with Crippen LogP contribution in [0.25, 0.3) is 0 Å². The summed E-state index contributed by atoms with van der Waals surface area (Å²) in [5.74, 6) is 1.45. The highest BCUT2D eigenvalue weighted by atomic mass is 32.2. The molecule has 0 aliphatic carbocycles. The fourth-order valence-electron chi connectivity index (χ4n) is 4.29. The van der Waals surface area contributed by atoms with Gasteiger partial charge in [0, 0.05) is 20.9 Å². The molecule has 7 heteroatoms. The SMILES string of the molecule is O=C(c1ccccc1)c1ccc(Sc2ccc([S+](c3ccc(OCCO)cc3)c3ccc(OCCO)cc3)cc2)cc1. The summed E-state index contributed by atoms with van der Waals surface area (Å²) in [6, 6.07) is 41.6. The van der Waals surface area contributed by atoms with Crippen LogP contribution in [-0.4, -0.2) is 42.4 Å². The smallest absolute Gasteiger partial charge is 0.193 e. The van der Waals surface area contributed by atoms with E-state index in [1.807, 2.05) is 78.9 Å². The molecule has 0 fully saturated rings. The molecule has 0 aliphatic heterocycles. The molecule has 5 nitrogen and oxygen atoms in total. The van der Waals surface area contributed by atoms with Crippen molar-refractivity contribution in [2.45, 2.75) is 24.5 Å². The number of carbonyl (C=O) groups is 1. The third-order valence-electron chi connectivity index (χ3n) is 6.29. The van der Waals surface area contributed by atoms with E-state index in [0.29, 0.717) is 22.6 Å². The zero-order valence-corrected chi connectivity index (χ0v) is 24.5. The van der Waals surface area contributed by atoms with E-state index in [0.717, 1.165) is 24.5 Å². The van der Waals surface area contributed by atoms with E-state index < -0.39 is 0 Å². The van der Waals surface area contributed by atoms with Crippen LogP contribution in [0.15, 0.2) is 152 Å². The van der Waals surface area contributed by atoms with E-state index in [1.165, 1.54) is 0 Å². The Balaban J connectivity index is 1.35. The number of aliphatic hydroxyl groups excluding tert-OH is 2. The lowest BCUT2D eigenvalue weighted by molar-refractivity contribution is 0.103. The number of carbonyl (C=O) groups excluding carboxylic acids is 1. The summed E-state index contributed by atoms with van der Waals surface area (Å²) in [6.45, 7) is 0.450. The predicted octanol–water partition coefficient (Wildman–Crippen LogP) is 6.91. The molecule has 2 N–H and O–H groups in total. The third-order valence-corrected chi connectivity index (χ3v) is 9.53. The second-order valence-corrected chi connectivity index (χ2v) is 12.4. The van der Waals surface area contributed by atoms with Gasteiger partial charge in [-0.25, -0.2) is 0 Å². The molecule has 5 aromatic carbocycles. The van der Waals surface area contributed by atoms with Gasteiger partial charge in [-0.05, 0) is 97.1 Å². The Morgan fingerprint density at radius 2 is 0.952 bits per heavy atom. The van der Waals surface area contributed by atoms with E-state index in [-0.39, 0.29) is 43.1 Å². The summed E-state index contributed by atoms with van der Waals surface area (Å²) in [4.78, 5) is 18.3. The van der Waals surface area contributed by atoms with E-state index in [4.69, 9.17) is 19.7 Å². The first-order valence-electron chi connectivity index (χ1n) is 13.5. The van der Waals surface area contributed by atoms with E-state index in [2.05, 4.69) is 48.5 Å². The molecule has 42 heavy (non-hydrogen) atoms. The molecule has 0 aliphatic rings. The van der Waals surface area contributed by atoms with Crippen molar-refractivity contribution in [1.29, 1.82) is 0 Å². The number of rotatable bonds is 13. The lowest BCUT2D eigenvalue weighted by atomic mass is 10.0. The average Bonchev–Trinajstić information content (AvgIpc) is 3.05. The largest absolute Gasteiger partial charge is 0.491 e. The van der Waals surface area contributed by atoms with Crippen LogP contribution in [0.1, 0.15) is 15.9 Å². The van der Waals surface area contributed by atoms with Crippen LogP contribution in [0.4, 0.5) is 0 Å². The topological polar surface area (TPSA) is 76.0 Å². The van der Waals surface area contributed by atoms with Gasteiger partial charge in [-0.3, -0.25) is 4.79 Å². The van der Waals surface area contributed by atoms with Gasteiger partial charge in [0.2, 0.25) is 0 Å². The molecule has 0 saturated carbocycles. The molecule has 0 aromatic heterocycles. The molecule has 212 valence electrons. The Morgan fingerprint density at radius 1 is 0.548 bits per heavy atom. The van der Waals surface area contributed by atoms with Crippen molar-refractivity contribution in [3.8, 4) is 11.5 Å². The van der Waals surface area contributed by atoms with Crippen LogP contribution < -0.4 is 9.47 Å². The van der Waals surface area contributed by atoms with Gasteiger partial charge in [0.15, 0.2) is 20.5 Å². The van der Waals surface area contributed by atoms with Gasteiger partial charge < -0.3 is 19.7 Å². The summed E-state index contributed by atoms with van der Waals surface area (Å²) >= 11 is 1.65. The summed E-state index contributed by atoms with van der Waals surface area (Å²) < 4.78 is 11.1. The maximum absolute atomic E-state index is 12.7. The van der Waals surface area contributed by atoms with Crippen molar-refractivity contribution in [3.05, 3.63) is 139 Å². The second kappa shape index (κ2) is 14.8. The van der Waals surface area contributed by atoms with Crippen molar-refractivity contribution in [1.82, 2.24) is 0 Å². The van der Waals surface area contributed by atoms with E-state index in [9.17, 15) is 4.79 Å². The fourth-order valence-corrected chi connectivity index (χ4v) is 7.15. The van der Waals surface area contributed by atoms with Crippen molar-refractivity contribution < 1.29 is 24.5 Å². The van der Waals surface area contributed by atoms with Gasteiger partial charge in [-0.15, -0.1) is 0 Å². The molecule has 0 saturated heterocycles. The minimum absolute atomic E-state index is 0.0181. The van der Waals surface area contributed by atoms with Crippen LogP contribution in [0.2, 0.25) is 0 Å². The average molecular weight is 596 g/mol. The zero-order chi connectivity index (χ0) is 29.1. The molecular formula is C35H31O5S2+. The van der Waals surface area contributed by atoms with E-state index in [1.54, 1.807) is 11.8 Å². The molecule has 0 spiro atoms. The Morgan fingerprint density at radius 3 is 1.40 bits per heavy atom. The monoisotopic (exact) mass is 595 g/mol. The van der Waals surface area contributed by atoms with Crippen molar-refractivity contribution in [2.75, 3.05) is 26.4 Å². The molecule has 0 amide bonds. The highest BCUT2D eigenvalue weighted by molar-refractivity contribution is 7.99. The van der Waals surface area contributed by atoms with Gasteiger partial charge >= 0.3 is 0 Å². The highest BCUT2D eigenvalue weighted by Crippen LogP contribution is 2.35. The van der Waals surface area contributed by atoms with Gasteiger partial charge in [0.1, 0.15) is 24.7 Å². The standard InChI is InChI=1S/C35H31O5S2/c36-22-24-39-28-8-16-32(17-9-28)42(33-18-10-29(11-19-33)40-25-23-37)34-20-14-31(15-21-34)41-30-12-6-27(7-13-30)35(38)26-4-2-1-3-5-26/h1-21,36-37H,22-25H2/q+1. The lowest BCUT2D eigenvalue weighted by Crippen LogP contribution is -2.06. The van der Waals surface area contributed by atoms with Crippen molar-refractivity contribution >= 4 is 28.4 Å². The zero-order valence-electron chi connectivity index (χ0n) is 22.9. The number of hydrogen-bond acceptors (Lipinski definition) is 6. The quantitative estimate of drug-likeness (QED) is 0.114. The highest BCUT2D eigenvalue weighted by Gasteiger charge is 2.29. The minimum atomic E-state index is -0.381. The number of ketones is 1. The second-order valence-electron chi connectivity index (χ2n) is 9.19. The summed E-state index contributed by atoms with van der Waals surface area (Å²) in [7, 11) is -0.381. The molecule has 0 heterocycles. The first kappa shape index (κ1) is 29.5. The van der Waals surface area contributed by atoms with Gasteiger partial charge in [0.05, 0.1) is 24.1 Å². The van der Waals surface area contributed by atoms with Gasteiger partial charge in [0.25, 0.3) is 0 Å². The summed E-state index contributed by atoms with van der Waals surface area (Å²) in [5.41, 5.74) is 1.36. The molecule has 0 radical (unpaired) electrons. The fraction of sp³-hybridized carbons (Fsp3) is 0.114. The normalized spacial score (nSPS) is 10.9. The van der Waals surface area contributed by atoms with Crippen molar-refractivity contribution in [2.24, 2.45) is 0 Å². The molecule has 0 atom stereocenters. The van der Waals surface area contributed by atoms with Crippen LogP contribution >= 0.6 is 11.8 Å². The molecule has 5 rings (SSSR count). The molecule has 0 bridgehead atoms. The van der Waals surface area contributed by atoms with E-state index >= 15 is 0 Å². The lowest BCUT2D eigenvalue weighted by Gasteiger charge is -2.11.